The third kappa shape index (κ3) is 4.60. The summed E-state index contributed by atoms with van der Waals surface area (Å²) in [6.45, 7) is 8.21. The van der Waals surface area contributed by atoms with E-state index >= 15 is 0 Å². The summed E-state index contributed by atoms with van der Waals surface area (Å²) in [5, 5.41) is 3.57. The summed E-state index contributed by atoms with van der Waals surface area (Å²) in [5.74, 6) is 1.09. The van der Waals surface area contributed by atoms with Gasteiger partial charge in [-0.3, -0.25) is 4.90 Å². The van der Waals surface area contributed by atoms with E-state index in [0.29, 0.717) is 6.04 Å². The van der Waals surface area contributed by atoms with Crippen LogP contribution in [-0.2, 0) is 11.3 Å². The largest absolute Gasteiger partial charge is 0.383 e. The summed E-state index contributed by atoms with van der Waals surface area (Å²) in [4.78, 5) is 6.76. The van der Waals surface area contributed by atoms with Crippen molar-refractivity contribution in [2.45, 2.75) is 32.4 Å². The van der Waals surface area contributed by atoms with Crippen molar-refractivity contribution in [3.63, 3.8) is 0 Å². The number of rotatable bonds is 8. The molecule has 108 valence electrons. The Bertz CT molecular complexity index is 360. The molecule has 5 nitrogen and oxygen atoms in total. The van der Waals surface area contributed by atoms with Crippen LogP contribution in [0.2, 0.25) is 0 Å². The minimum Gasteiger partial charge on any atom is -0.383 e. The Morgan fingerprint density at radius 3 is 3.05 bits per heavy atom. The van der Waals surface area contributed by atoms with Crippen molar-refractivity contribution >= 4 is 0 Å². The Kier molecular flexibility index (Phi) is 5.82. The lowest BCUT2D eigenvalue weighted by Gasteiger charge is -2.25. The zero-order chi connectivity index (χ0) is 13.5. The predicted octanol–water partition coefficient (Wildman–Crippen LogP) is 0.892. The monoisotopic (exact) mass is 266 g/mol. The van der Waals surface area contributed by atoms with Gasteiger partial charge in [0.1, 0.15) is 5.82 Å². The molecule has 2 rings (SSSR count). The third-order valence-corrected chi connectivity index (χ3v) is 3.83. The molecule has 1 aliphatic heterocycles. The van der Waals surface area contributed by atoms with E-state index < -0.39 is 0 Å². The van der Waals surface area contributed by atoms with E-state index in [1.807, 2.05) is 6.20 Å². The van der Waals surface area contributed by atoms with Crippen LogP contribution in [-0.4, -0.2) is 60.4 Å². The molecule has 1 aromatic rings. The highest BCUT2D eigenvalue weighted by Gasteiger charge is 2.17. The molecule has 2 heterocycles. The van der Waals surface area contributed by atoms with Crippen molar-refractivity contribution in [2.24, 2.45) is 0 Å². The Balaban J connectivity index is 1.80. The van der Waals surface area contributed by atoms with Crippen LogP contribution in [0, 0.1) is 6.92 Å². The number of hydrogen-bond acceptors (Lipinski definition) is 4. The lowest BCUT2D eigenvalue weighted by atomic mass is 10.2. The van der Waals surface area contributed by atoms with E-state index in [1.54, 1.807) is 7.11 Å². The number of nitrogens with zero attached hydrogens (tertiary/aromatic N) is 3. The molecule has 0 saturated carbocycles. The highest BCUT2D eigenvalue weighted by molar-refractivity contribution is 4.88. The molecule has 1 unspecified atom stereocenters. The number of hydrogen-bond donors (Lipinski definition) is 1. The average Bonchev–Trinajstić information content (AvgIpc) is 3.04. The van der Waals surface area contributed by atoms with E-state index in [2.05, 4.69) is 32.9 Å². The Morgan fingerprint density at radius 2 is 2.42 bits per heavy atom. The van der Waals surface area contributed by atoms with Crippen LogP contribution in [0.5, 0.6) is 0 Å². The predicted molar refractivity (Wildman–Crippen MR) is 76.3 cm³/mol. The Morgan fingerprint density at radius 1 is 1.53 bits per heavy atom. The second-order valence-electron chi connectivity index (χ2n) is 5.25. The van der Waals surface area contributed by atoms with Gasteiger partial charge in [-0.05, 0) is 26.3 Å². The summed E-state index contributed by atoms with van der Waals surface area (Å²) in [7, 11) is 1.77. The Hall–Kier alpha value is -0.910. The fraction of sp³-hybridized carbons (Fsp3) is 0.786. The smallest absolute Gasteiger partial charge is 0.105 e. The quantitative estimate of drug-likeness (QED) is 0.759. The van der Waals surface area contributed by atoms with Gasteiger partial charge >= 0.3 is 0 Å². The number of ether oxygens (including phenoxy) is 1. The molecule has 0 bridgehead atoms. The van der Waals surface area contributed by atoms with Crippen molar-refractivity contribution in [1.29, 1.82) is 0 Å². The highest BCUT2D eigenvalue weighted by Crippen LogP contribution is 2.07. The van der Waals surface area contributed by atoms with Crippen molar-refractivity contribution in [3.05, 3.63) is 18.2 Å². The summed E-state index contributed by atoms with van der Waals surface area (Å²) in [5.41, 5.74) is 0. The molecule has 1 aliphatic rings. The normalized spacial score (nSPS) is 19.4. The van der Waals surface area contributed by atoms with Gasteiger partial charge in [0.15, 0.2) is 0 Å². The van der Waals surface area contributed by atoms with Gasteiger partial charge in [0, 0.05) is 51.7 Å². The van der Waals surface area contributed by atoms with E-state index in [0.717, 1.165) is 38.6 Å². The van der Waals surface area contributed by atoms with Crippen molar-refractivity contribution in [1.82, 2.24) is 19.8 Å². The maximum Gasteiger partial charge on any atom is 0.105 e. The number of methoxy groups -OCH3 is 1. The van der Waals surface area contributed by atoms with E-state index in [1.165, 1.54) is 19.4 Å². The number of nitrogens with one attached hydrogen (secondary N) is 1. The zero-order valence-corrected chi connectivity index (χ0v) is 12.1. The SMILES string of the molecule is COCCN(CCn1ccnc1C)CC1CCCN1. The van der Waals surface area contributed by atoms with Crippen molar-refractivity contribution in [3.8, 4) is 0 Å². The van der Waals surface area contributed by atoms with Gasteiger partial charge in [-0.2, -0.15) is 0 Å². The maximum atomic E-state index is 5.22. The summed E-state index contributed by atoms with van der Waals surface area (Å²) in [6, 6.07) is 0.653. The summed E-state index contributed by atoms with van der Waals surface area (Å²) in [6.07, 6.45) is 6.53. The van der Waals surface area contributed by atoms with Crippen molar-refractivity contribution < 1.29 is 4.74 Å². The molecule has 19 heavy (non-hydrogen) atoms. The molecule has 5 heteroatoms. The summed E-state index contributed by atoms with van der Waals surface area (Å²) < 4.78 is 7.43. The zero-order valence-electron chi connectivity index (χ0n) is 12.1. The molecular formula is C14H26N4O. The molecule has 0 radical (unpaired) electrons. The first-order valence-corrected chi connectivity index (χ1v) is 7.22. The summed E-state index contributed by atoms with van der Waals surface area (Å²) >= 11 is 0. The van der Waals surface area contributed by atoms with Crippen LogP contribution in [0.4, 0.5) is 0 Å². The second-order valence-corrected chi connectivity index (χ2v) is 5.25. The first kappa shape index (κ1) is 14.5. The van der Waals surface area contributed by atoms with Crippen molar-refractivity contribution in [2.75, 3.05) is 39.9 Å². The van der Waals surface area contributed by atoms with Gasteiger partial charge in [0.05, 0.1) is 6.61 Å². The van der Waals surface area contributed by atoms with Crippen LogP contribution < -0.4 is 5.32 Å². The van der Waals surface area contributed by atoms with Crippen LogP contribution in [0.25, 0.3) is 0 Å². The minimum atomic E-state index is 0.653. The molecule has 0 aliphatic carbocycles. The number of aryl methyl sites for hydroxylation is 1. The van der Waals surface area contributed by atoms with Gasteiger partial charge in [0.2, 0.25) is 0 Å². The molecule has 0 amide bonds. The number of imidazole rings is 1. The molecule has 1 N–H and O–H groups in total. The van der Waals surface area contributed by atoms with Crippen LogP contribution in [0.1, 0.15) is 18.7 Å². The van der Waals surface area contributed by atoms with Gasteiger partial charge in [-0.25, -0.2) is 4.98 Å². The van der Waals surface area contributed by atoms with E-state index in [-0.39, 0.29) is 0 Å². The third-order valence-electron chi connectivity index (χ3n) is 3.83. The number of aromatic nitrogens is 2. The fourth-order valence-corrected chi connectivity index (χ4v) is 2.63. The first-order valence-electron chi connectivity index (χ1n) is 7.22. The topological polar surface area (TPSA) is 42.3 Å². The van der Waals surface area contributed by atoms with Crippen LogP contribution >= 0.6 is 0 Å². The van der Waals surface area contributed by atoms with Gasteiger partial charge in [0.25, 0.3) is 0 Å². The molecule has 0 aromatic carbocycles. The fourth-order valence-electron chi connectivity index (χ4n) is 2.63. The molecule has 1 fully saturated rings. The first-order chi connectivity index (χ1) is 9.29. The Labute approximate surface area is 116 Å². The van der Waals surface area contributed by atoms with Gasteiger partial charge in [-0.1, -0.05) is 0 Å². The maximum absolute atomic E-state index is 5.22. The molecular weight excluding hydrogens is 240 g/mol. The van der Waals surface area contributed by atoms with E-state index in [4.69, 9.17) is 4.74 Å². The second kappa shape index (κ2) is 7.62. The average molecular weight is 266 g/mol. The molecule has 1 saturated heterocycles. The highest BCUT2D eigenvalue weighted by atomic mass is 16.5. The van der Waals surface area contributed by atoms with Crippen LogP contribution in [0.3, 0.4) is 0 Å². The van der Waals surface area contributed by atoms with E-state index in [9.17, 15) is 0 Å². The molecule has 0 spiro atoms. The molecule has 1 aromatic heterocycles. The lowest BCUT2D eigenvalue weighted by Crippen LogP contribution is -2.40. The standard InChI is InChI=1S/C14H26N4O/c1-13-15-6-7-18(13)9-8-17(10-11-19-2)12-14-4-3-5-16-14/h6-7,14,16H,3-5,8-12H2,1-2H3. The van der Waals surface area contributed by atoms with Gasteiger partial charge in [-0.15, -0.1) is 0 Å². The van der Waals surface area contributed by atoms with Crippen LogP contribution in [0.15, 0.2) is 12.4 Å². The molecule has 1 atom stereocenters. The lowest BCUT2D eigenvalue weighted by molar-refractivity contribution is 0.139. The van der Waals surface area contributed by atoms with Gasteiger partial charge < -0.3 is 14.6 Å². The minimum absolute atomic E-state index is 0.653.